The predicted octanol–water partition coefficient (Wildman–Crippen LogP) is 20.5. The van der Waals surface area contributed by atoms with Crippen molar-refractivity contribution in [2.75, 3.05) is 13.2 Å². The van der Waals surface area contributed by atoms with Gasteiger partial charge in [-0.2, -0.15) is 0 Å². The Bertz CT molecular complexity index is 1060. The largest absolute Gasteiger partial charge is 0.462 e. The summed E-state index contributed by atoms with van der Waals surface area (Å²) < 4.78 is 16.8. The molecule has 68 heavy (non-hydrogen) atoms. The van der Waals surface area contributed by atoms with Crippen LogP contribution in [0.5, 0.6) is 0 Å². The molecule has 0 heterocycles. The molecule has 0 bridgehead atoms. The molecular formula is C62H118O6. The summed E-state index contributed by atoms with van der Waals surface area (Å²) in [4.78, 5) is 37.9. The zero-order valence-electron chi connectivity index (χ0n) is 46.2. The molecule has 6 nitrogen and oxygen atoms in total. The summed E-state index contributed by atoms with van der Waals surface area (Å²) in [6, 6.07) is 0. The monoisotopic (exact) mass is 959 g/mol. The van der Waals surface area contributed by atoms with Crippen LogP contribution >= 0.6 is 0 Å². The Morgan fingerprint density at radius 1 is 0.279 bits per heavy atom. The summed E-state index contributed by atoms with van der Waals surface area (Å²) in [5, 5.41) is 0. The molecule has 0 amide bonds. The van der Waals surface area contributed by atoms with Gasteiger partial charge in [0.25, 0.3) is 0 Å². The third-order valence-corrected chi connectivity index (χ3v) is 14.0. The highest BCUT2D eigenvalue weighted by atomic mass is 16.6. The van der Waals surface area contributed by atoms with Gasteiger partial charge in [0, 0.05) is 19.3 Å². The lowest BCUT2D eigenvalue weighted by molar-refractivity contribution is -0.167. The van der Waals surface area contributed by atoms with E-state index in [1.807, 2.05) is 0 Å². The average molecular weight is 960 g/mol. The number of ether oxygens (including phenoxy) is 3. The molecule has 0 aliphatic carbocycles. The normalized spacial score (nSPS) is 12.0. The second-order valence-corrected chi connectivity index (χ2v) is 21.0. The highest BCUT2D eigenvalue weighted by Crippen LogP contribution is 2.18. The summed E-state index contributed by atoms with van der Waals surface area (Å²) in [5.41, 5.74) is 0. The van der Waals surface area contributed by atoms with E-state index in [4.69, 9.17) is 14.2 Å². The molecule has 0 radical (unpaired) electrons. The predicted molar refractivity (Wildman–Crippen MR) is 293 cm³/mol. The lowest BCUT2D eigenvalue weighted by atomic mass is 10.0. The van der Waals surface area contributed by atoms with Crippen LogP contribution < -0.4 is 0 Å². The second-order valence-electron chi connectivity index (χ2n) is 21.0. The van der Waals surface area contributed by atoms with Crippen molar-refractivity contribution in [2.24, 2.45) is 0 Å². The molecule has 0 fully saturated rings. The van der Waals surface area contributed by atoms with Crippen LogP contribution in [0.25, 0.3) is 0 Å². The van der Waals surface area contributed by atoms with Crippen LogP contribution in [0.1, 0.15) is 348 Å². The number of esters is 3. The average Bonchev–Trinajstić information content (AvgIpc) is 3.34. The van der Waals surface area contributed by atoms with Crippen molar-refractivity contribution in [3.8, 4) is 0 Å². The second kappa shape index (κ2) is 57.7. The number of hydrogen-bond acceptors (Lipinski definition) is 6. The van der Waals surface area contributed by atoms with Gasteiger partial charge in [0.1, 0.15) is 13.2 Å². The van der Waals surface area contributed by atoms with E-state index in [-0.39, 0.29) is 31.1 Å². The number of allylic oxidation sites excluding steroid dienone is 2. The van der Waals surface area contributed by atoms with E-state index in [2.05, 4.69) is 32.9 Å². The van der Waals surface area contributed by atoms with Crippen molar-refractivity contribution in [1.29, 1.82) is 0 Å². The Labute approximate surface area is 424 Å². The van der Waals surface area contributed by atoms with E-state index in [0.717, 1.165) is 57.8 Å². The van der Waals surface area contributed by atoms with E-state index < -0.39 is 6.10 Å². The maximum atomic E-state index is 12.8. The first-order valence-corrected chi connectivity index (χ1v) is 30.7. The van der Waals surface area contributed by atoms with Gasteiger partial charge in [-0.05, 0) is 44.9 Å². The Kier molecular flexibility index (Phi) is 56.2. The minimum atomic E-state index is -0.761. The fraction of sp³-hybridized carbons (Fsp3) is 0.919. The maximum absolute atomic E-state index is 12.8. The smallest absolute Gasteiger partial charge is 0.306 e. The van der Waals surface area contributed by atoms with Gasteiger partial charge in [-0.1, -0.05) is 296 Å². The first-order chi connectivity index (χ1) is 33.5. The minimum absolute atomic E-state index is 0.0637. The lowest BCUT2D eigenvalue weighted by Gasteiger charge is -2.18. The molecule has 0 spiro atoms. The van der Waals surface area contributed by atoms with Crippen LogP contribution in [0.3, 0.4) is 0 Å². The summed E-state index contributed by atoms with van der Waals surface area (Å²) in [6.07, 6.45) is 66.8. The first kappa shape index (κ1) is 66.2. The molecule has 0 aromatic heterocycles. The quantitative estimate of drug-likeness (QED) is 0.0262. The zero-order chi connectivity index (χ0) is 49.3. The van der Waals surface area contributed by atoms with E-state index in [9.17, 15) is 14.4 Å². The van der Waals surface area contributed by atoms with Crippen molar-refractivity contribution in [2.45, 2.75) is 354 Å². The third-order valence-electron chi connectivity index (χ3n) is 14.0. The van der Waals surface area contributed by atoms with E-state index >= 15 is 0 Å². The number of hydrogen-bond donors (Lipinski definition) is 0. The fourth-order valence-corrected chi connectivity index (χ4v) is 9.38. The molecule has 0 aliphatic rings. The lowest BCUT2D eigenvalue weighted by Crippen LogP contribution is -2.30. The highest BCUT2D eigenvalue weighted by molar-refractivity contribution is 5.71. The van der Waals surface area contributed by atoms with E-state index in [0.29, 0.717) is 19.3 Å². The minimum Gasteiger partial charge on any atom is -0.462 e. The SMILES string of the molecule is CCCCCCCCCC/C=C\CCCCCCCCCCCCCCCCCCCC(=O)OCC(COC(=O)CCCCCCCCC)OC(=O)CCCCCCCCCCCCCCCC. The van der Waals surface area contributed by atoms with Crippen molar-refractivity contribution in [1.82, 2.24) is 0 Å². The van der Waals surface area contributed by atoms with Gasteiger partial charge in [0.15, 0.2) is 6.10 Å². The van der Waals surface area contributed by atoms with Gasteiger partial charge in [-0.15, -0.1) is 0 Å². The summed E-state index contributed by atoms with van der Waals surface area (Å²) >= 11 is 0. The number of unbranched alkanes of at least 4 members (excludes halogenated alkanes) is 44. The van der Waals surface area contributed by atoms with Crippen molar-refractivity contribution < 1.29 is 28.6 Å². The summed E-state index contributed by atoms with van der Waals surface area (Å²) in [7, 11) is 0. The van der Waals surface area contributed by atoms with Crippen LogP contribution in [0.2, 0.25) is 0 Å². The number of carbonyl (C=O) groups is 3. The van der Waals surface area contributed by atoms with Gasteiger partial charge >= 0.3 is 17.9 Å². The van der Waals surface area contributed by atoms with Crippen LogP contribution in [0.4, 0.5) is 0 Å². The third kappa shape index (κ3) is 55.1. The number of rotatable bonds is 57. The zero-order valence-corrected chi connectivity index (χ0v) is 46.2. The van der Waals surface area contributed by atoms with Crippen LogP contribution in [-0.2, 0) is 28.6 Å². The molecule has 1 unspecified atom stereocenters. The molecular weight excluding hydrogens is 841 g/mol. The Balaban J connectivity index is 3.98. The van der Waals surface area contributed by atoms with Crippen molar-refractivity contribution in [3.05, 3.63) is 12.2 Å². The molecule has 0 rings (SSSR count). The van der Waals surface area contributed by atoms with E-state index in [1.165, 1.54) is 250 Å². The van der Waals surface area contributed by atoms with Crippen LogP contribution in [0, 0.1) is 0 Å². The van der Waals surface area contributed by atoms with Crippen LogP contribution in [-0.4, -0.2) is 37.2 Å². The molecule has 0 aromatic carbocycles. The molecule has 0 aliphatic heterocycles. The molecule has 1 atom stereocenters. The molecule has 402 valence electrons. The van der Waals surface area contributed by atoms with Gasteiger partial charge in [0.05, 0.1) is 0 Å². The van der Waals surface area contributed by atoms with E-state index in [1.54, 1.807) is 0 Å². The van der Waals surface area contributed by atoms with Crippen molar-refractivity contribution >= 4 is 17.9 Å². The Hall–Kier alpha value is -1.85. The fourth-order valence-electron chi connectivity index (χ4n) is 9.38. The molecule has 0 N–H and O–H groups in total. The summed E-state index contributed by atoms with van der Waals surface area (Å²) in [5.74, 6) is -0.847. The first-order valence-electron chi connectivity index (χ1n) is 30.7. The van der Waals surface area contributed by atoms with Gasteiger partial charge in [-0.25, -0.2) is 0 Å². The molecule has 0 saturated heterocycles. The summed E-state index contributed by atoms with van der Waals surface area (Å²) in [6.45, 7) is 6.65. The van der Waals surface area contributed by atoms with Gasteiger partial charge < -0.3 is 14.2 Å². The molecule has 6 heteroatoms. The topological polar surface area (TPSA) is 78.9 Å². The van der Waals surface area contributed by atoms with Gasteiger partial charge in [-0.3, -0.25) is 14.4 Å². The molecule has 0 saturated carbocycles. The van der Waals surface area contributed by atoms with Crippen LogP contribution in [0.15, 0.2) is 12.2 Å². The molecule has 0 aromatic rings. The van der Waals surface area contributed by atoms with Crippen molar-refractivity contribution in [3.63, 3.8) is 0 Å². The number of carbonyl (C=O) groups excluding carboxylic acids is 3. The Morgan fingerprint density at radius 3 is 0.735 bits per heavy atom. The standard InChI is InChI=1S/C62H118O6/c1-4-7-10-13-16-18-20-22-24-25-26-27-28-29-30-31-32-33-34-35-36-37-38-40-41-43-46-49-52-55-61(64)67-58-59(57-66-60(63)54-51-48-45-15-12-9-6-3)68-62(65)56-53-50-47-44-42-39-23-21-19-17-14-11-8-5-2/h25-26,59H,4-24,27-58H2,1-3H3/b26-25-. The maximum Gasteiger partial charge on any atom is 0.306 e. The van der Waals surface area contributed by atoms with Gasteiger partial charge in [0.2, 0.25) is 0 Å². The Morgan fingerprint density at radius 2 is 0.485 bits per heavy atom. The highest BCUT2D eigenvalue weighted by Gasteiger charge is 2.19.